The Labute approximate surface area is 101 Å². The van der Waals surface area contributed by atoms with E-state index in [1.165, 1.54) is 51.7 Å². The van der Waals surface area contributed by atoms with Gasteiger partial charge >= 0.3 is 0 Å². The molecule has 0 spiro atoms. The average Bonchev–Trinajstić information content (AvgIpc) is 2.30. The van der Waals surface area contributed by atoms with Crippen molar-refractivity contribution in [3.8, 4) is 0 Å². The second-order valence-corrected chi connectivity index (χ2v) is 6.23. The molecule has 0 bridgehead atoms. The maximum absolute atomic E-state index is 3.68. The van der Waals surface area contributed by atoms with Gasteiger partial charge in [-0.1, -0.05) is 13.8 Å². The maximum atomic E-state index is 3.68. The fourth-order valence-electron chi connectivity index (χ4n) is 3.24. The predicted molar refractivity (Wildman–Crippen MR) is 69.7 cm³/mol. The fourth-order valence-corrected chi connectivity index (χ4v) is 3.24. The Morgan fingerprint density at radius 3 is 2.56 bits per heavy atom. The van der Waals surface area contributed by atoms with Gasteiger partial charge in [0.15, 0.2) is 0 Å². The molecule has 1 N–H and O–H groups in total. The van der Waals surface area contributed by atoms with Crippen LogP contribution >= 0.6 is 0 Å². The van der Waals surface area contributed by atoms with E-state index in [1.807, 2.05) is 0 Å². The van der Waals surface area contributed by atoms with Crippen LogP contribution in [-0.4, -0.2) is 36.1 Å². The van der Waals surface area contributed by atoms with E-state index in [-0.39, 0.29) is 0 Å². The normalized spacial score (nSPS) is 42.2. The third-order valence-electron chi connectivity index (χ3n) is 4.78. The van der Waals surface area contributed by atoms with E-state index in [4.69, 9.17) is 0 Å². The summed E-state index contributed by atoms with van der Waals surface area (Å²) in [7, 11) is 0. The van der Waals surface area contributed by atoms with E-state index < -0.39 is 0 Å². The molecule has 1 aliphatic carbocycles. The Morgan fingerprint density at radius 1 is 1.25 bits per heavy atom. The molecule has 1 atom stereocenters. The molecule has 0 aromatic rings. The zero-order valence-corrected chi connectivity index (χ0v) is 11.3. The van der Waals surface area contributed by atoms with Gasteiger partial charge in [-0.3, -0.25) is 4.90 Å². The molecule has 16 heavy (non-hydrogen) atoms. The molecule has 1 heterocycles. The van der Waals surface area contributed by atoms with Gasteiger partial charge in [-0.15, -0.1) is 0 Å². The molecular formula is C14H28N2. The van der Waals surface area contributed by atoms with Crippen molar-refractivity contribution < 1.29 is 0 Å². The first-order valence-corrected chi connectivity index (χ1v) is 7.12. The molecule has 0 aromatic carbocycles. The van der Waals surface area contributed by atoms with Crippen molar-refractivity contribution in [2.45, 2.75) is 64.5 Å². The van der Waals surface area contributed by atoms with Crippen LogP contribution < -0.4 is 5.32 Å². The number of piperazine rings is 1. The highest BCUT2D eigenvalue weighted by atomic mass is 15.2. The first kappa shape index (κ1) is 12.4. The van der Waals surface area contributed by atoms with Crippen molar-refractivity contribution in [2.24, 2.45) is 5.92 Å². The second kappa shape index (κ2) is 5.05. The minimum atomic E-state index is 0.362. The van der Waals surface area contributed by atoms with Crippen molar-refractivity contribution in [2.75, 3.05) is 19.6 Å². The van der Waals surface area contributed by atoms with Gasteiger partial charge in [-0.2, -0.15) is 0 Å². The maximum Gasteiger partial charge on any atom is 0.0278 e. The Bertz CT molecular complexity index is 221. The number of nitrogens with zero attached hydrogens (tertiary/aromatic N) is 1. The number of nitrogens with one attached hydrogen (secondary N) is 1. The molecule has 0 aromatic heterocycles. The van der Waals surface area contributed by atoms with E-state index in [0.29, 0.717) is 5.54 Å². The summed E-state index contributed by atoms with van der Waals surface area (Å²) in [6, 6.07) is 0.879. The SMILES string of the molecule is CCC1(C)CN(C2CCC(C)CC2)CCN1. The molecular weight excluding hydrogens is 196 g/mol. The van der Waals surface area contributed by atoms with Gasteiger partial charge in [0.05, 0.1) is 0 Å². The molecule has 0 amide bonds. The first-order valence-electron chi connectivity index (χ1n) is 7.12. The third kappa shape index (κ3) is 2.78. The lowest BCUT2D eigenvalue weighted by molar-refractivity contribution is 0.0714. The fraction of sp³-hybridized carbons (Fsp3) is 1.00. The van der Waals surface area contributed by atoms with Crippen LogP contribution in [-0.2, 0) is 0 Å². The monoisotopic (exact) mass is 224 g/mol. The number of hydrogen-bond acceptors (Lipinski definition) is 2. The minimum absolute atomic E-state index is 0.362. The van der Waals surface area contributed by atoms with Crippen molar-refractivity contribution in [1.29, 1.82) is 0 Å². The predicted octanol–water partition coefficient (Wildman–Crippen LogP) is 2.64. The molecule has 2 rings (SSSR count). The van der Waals surface area contributed by atoms with Crippen molar-refractivity contribution in [3.63, 3.8) is 0 Å². The molecule has 1 unspecified atom stereocenters. The van der Waals surface area contributed by atoms with Crippen molar-refractivity contribution in [1.82, 2.24) is 10.2 Å². The van der Waals surface area contributed by atoms with Gasteiger partial charge in [-0.05, 0) is 44.9 Å². The lowest BCUT2D eigenvalue weighted by atomic mass is 9.85. The Morgan fingerprint density at radius 2 is 1.94 bits per heavy atom. The molecule has 2 aliphatic rings. The van der Waals surface area contributed by atoms with E-state index in [1.54, 1.807) is 0 Å². The second-order valence-electron chi connectivity index (χ2n) is 6.23. The largest absolute Gasteiger partial charge is 0.309 e. The standard InChI is InChI=1S/C14H28N2/c1-4-14(3)11-16(10-9-15-14)13-7-5-12(2)6-8-13/h12-13,15H,4-11H2,1-3H3. The van der Waals surface area contributed by atoms with Crippen LogP contribution in [0.5, 0.6) is 0 Å². The van der Waals surface area contributed by atoms with E-state index >= 15 is 0 Å². The van der Waals surface area contributed by atoms with Crippen LogP contribution in [0.15, 0.2) is 0 Å². The lowest BCUT2D eigenvalue weighted by Gasteiger charge is -2.46. The average molecular weight is 224 g/mol. The van der Waals surface area contributed by atoms with Crippen molar-refractivity contribution >= 4 is 0 Å². The quantitative estimate of drug-likeness (QED) is 0.776. The highest BCUT2D eigenvalue weighted by Crippen LogP contribution is 2.29. The van der Waals surface area contributed by atoms with Crippen LogP contribution in [0.2, 0.25) is 0 Å². The van der Waals surface area contributed by atoms with Gasteiger partial charge in [0, 0.05) is 31.2 Å². The third-order valence-corrected chi connectivity index (χ3v) is 4.78. The van der Waals surface area contributed by atoms with Crippen LogP contribution in [0.4, 0.5) is 0 Å². The zero-order chi connectivity index (χ0) is 11.6. The first-order chi connectivity index (χ1) is 7.63. The molecule has 2 heteroatoms. The van der Waals surface area contributed by atoms with Gasteiger partial charge in [0.2, 0.25) is 0 Å². The highest BCUT2D eigenvalue weighted by Gasteiger charge is 2.33. The number of rotatable bonds is 2. The minimum Gasteiger partial charge on any atom is -0.309 e. The Balaban J connectivity index is 1.89. The summed E-state index contributed by atoms with van der Waals surface area (Å²) in [5.41, 5.74) is 0.362. The van der Waals surface area contributed by atoms with Crippen LogP contribution in [0.1, 0.15) is 52.9 Å². The summed E-state index contributed by atoms with van der Waals surface area (Å²) in [4.78, 5) is 2.76. The lowest BCUT2D eigenvalue weighted by Crippen LogP contribution is -2.60. The molecule has 1 saturated heterocycles. The van der Waals surface area contributed by atoms with Crippen LogP contribution in [0.25, 0.3) is 0 Å². The van der Waals surface area contributed by atoms with Gasteiger partial charge in [-0.25, -0.2) is 0 Å². The molecule has 1 saturated carbocycles. The molecule has 0 radical (unpaired) electrons. The van der Waals surface area contributed by atoms with Gasteiger partial charge in [0.25, 0.3) is 0 Å². The molecule has 94 valence electrons. The summed E-state index contributed by atoms with van der Waals surface area (Å²) in [5.74, 6) is 0.969. The van der Waals surface area contributed by atoms with Gasteiger partial charge in [0.1, 0.15) is 0 Å². The summed E-state index contributed by atoms with van der Waals surface area (Å²) in [5, 5.41) is 3.68. The highest BCUT2D eigenvalue weighted by molar-refractivity contribution is 4.92. The number of hydrogen-bond donors (Lipinski definition) is 1. The Kier molecular flexibility index (Phi) is 3.91. The zero-order valence-electron chi connectivity index (χ0n) is 11.3. The molecule has 1 aliphatic heterocycles. The van der Waals surface area contributed by atoms with Crippen LogP contribution in [0.3, 0.4) is 0 Å². The van der Waals surface area contributed by atoms with E-state index in [0.717, 1.165) is 12.0 Å². The Hall–Kier alpha value is -0.0800. The van der Waals surface area contributed by atoms with E-state index in [2.05, 4.69) is 31.0 Å². The topological polar surface area (TPSA) is 15.3 Å². The summed E-state index contributed by atoms with van der Waals surface area (Å²) in [6.07, 6.45) is 6.99. The van der Waals surface area contributed by atoms with Gasteiger partial charge < -0.3 is 5.32 Å². The summed E-state index contributed by atoms with van der Waals surface area (Å²) < 4.78 is 0. The summed E-state index contributed by atoms with van der Waals surface area (Å²) >= 11 is 0. The molecule has 2 fully saturated rings. The molecule has 2 nitrogen and oxygen atoms in total. The van der Waals surface area contributed by atoms with Crippen molar-refractivity contribution in [3.05, 3.63) is 0 Å². The van der Waals surface area contributed by atoms with Crippen LogP contribution in [0, 0.1) is 5.92 Å². The summed E-state index contributed by atoms with van der Waals surface area (Å²) in [6.45, 7) is 10.8. The van der Waals surface area contributed by atoms with E-state index in [9.17, 15) is 0 Å². The smallest absolute Gasteiger partial charge is 0.0278 e.